The smallest absolute Gasteiger partial charge is 0.225 e. The molecule has 14 heavy (non-hydrogen) atoms. The van der Waals surface area contributed by atoms with Crippen molar-refractivity contribution in [3.63, 3.8) is 0 Å². The second-order valence-electron chi connectivity index (χ2n) is 3.25. The molecule has 82 valence electrons. The zero-order chi connectivity index (χ0) is 10.9. The second kappa shape index (κ2) is 3.93. The first-order valence-corrected chi connectivity index (χ1v) is 4.14. The minimum atomic E-state index is -2.32. The first kappa shape index (κ1) is 11.6. The number of aliphatic hydroxyl groups excluding tert-OH is 4. The summed E-state index contributed by atoms with van der Waals surface area (Å²) in [5.41, 5.74) is 0. The van der Waals surface area contributed by atoms with Crippen molar-refractivity contribution in [1.82, 2.24) is 0 Å². The average Bonchev–Trinajstić information content (AvgIpc) is 2.19. The van der Waals surface area contributed by atoms with Gasteiger partial charge in [-0.05, 0) is 0 Å². The quantitative estimate of drug-likeness (QED) is 0.315. The van der Waals surface area contributed by atoms with Crippen molar-refractivity contribution < 1.29 is 30.3 Å². The minimum Gasteiger partial charge on any atom is -0.388 e. The number of hydrogen-bond donors (Lipinski definition) is 5. The highest BCUT2D eigenvalue weighted by molar-refractivity contribution is 5.01. The van der Waals surface area contributed by atoms with Gasteiger partial charge in [-0.1, -0.05) is 6.08 Å². The Kier molecular flexibility index (Phi) is 3.25. The molecular weight excluding hydrogens is 192 g/mol. The molecule has 0 aromatic carbocycles. The van der Waals surface area contributed by atoms with E-state index in [9.17, 15) is 20.4 Å². The zero-order valence-electron chi connectivity index (χ0n) is 7.45. The Hall–Kier alpha value is -0.500. The molecule has 1 aliphatic heterocycles. The molecule has 1 heterocycles. The Bertz CT molecular complexity index is 220. The van der Waals surface area contributed by atoms with E-state index in [1.54, 1.807) is 0 Å². The van der Waals surface area contributed by atoms with E-state index in [1.165, 1.54) is 0 Å². The normalized spacial score (nSPS) is 45.9. The molecule has 1 aliphatic rings. The van der Waals surface area contributed by atoms with Gasteiger partial charge in [0, 0.05) is 0 Å². The van der Waals surface area contributed by atoms with Crippen LogP contribution in [0.2, 0.25) is 0 Å². The van der Waals surface area contributed by atoms with Gasteiger partial charge in [0.1, 0.15) is 24.4 Å². The summed E-state index contributed by atoms with van der Waals surface area (Å²) < 4.78 is 4.69. The molecule has 6 heteroatoms. The van der Waals surface area contributed by atoms with Crippen molar-refractivity contribution in [3.05, 3.63) is 12.7 Å². The molecule has 1 saturated heterocycles. The van der Waals surface area contributed by atoms with Crippen LogP contribution in [-0.2, 0) is 4.74 Å². The standard InChI is InChI=1S/C8H14O6/c1-2-5(10)8(13)7(12)6(11)4(9)3-14-8/h2,4-7,9-13H,1,3H2/t4-,5?,6-,7+,8-/m1/s1. The maximum atomic E-state index is 9.63. The van der Waals surface area contributed by atoms with E-state index in [1.807, 2.05) is 0 Å². The van der Waals surface area contributed by atoms with Crippen molar-refractivity contribution in [1.29, 1.82) is 0 Å². The summed E-state index contributed by atoms with van der Waals surface area (Å²) in [5.74, 6) is -2.32. The van der Waals surface area contributed by atoms with E-state index in [2.05, 4.69) is 11.3 Å². The molecule has 0 saturated carbocycles. The molecule has 0 amide bonds. The van der Waals surface area contributed by atoms with Gasteiger partial charge in [-0.25, -0.2) is 0 Å². The van der Waals surface area contributed by atoms with E-state index >= 15 is 0 Å². The zero-order valence-corrected chi connectivity index (χ0v) is 7.45. The molecule has 0 aromatic heterocycles. The molecule has 1 fully saturated rings. The average molecular weight is 206 g/mol. The lowest BCUT2D eigenvalue weighted by atomic mass is 9.93. The molecule has 0 aliphatic carbocycles. The van der Waals surface area contributed by atoms with E-state index in [0.717, 1.165) is 6.08 Å². The van der Waals surface area contributed by atoms with Gasteiger partial charge < -0.3 is 30.3 Å². The summed E-state index contributed by atoms with van der Waals surface area (Å²) in [5, 5.41) is 46.6. The molecule has 1 rings (SSSR count). The summed E-state index contributed by atoms with van der Waals surface area (Å²) in [4.78, 5) is 0. The van der Waals surface area contributed by atoms with Gasteiger partial charge in [-0.15, -0.1) is 6.58 Å². The van der Waals surface area contributed by atoms with Crippen molar-refractivity contribution in [2.75, 3.05) is 6.61 Å². The molecule has 0 radical (unpaired) electrons. The van der Waals surface area contributed by atoms with E-state index in [0.29, 0.717) is 0 Å². The van der Waals surface area contributed by atoms with Crippen molar-refractivity contribution in [2.45, 2.75) is 30.2 Å². The maximum absolute atomic E-state index is 9.63. The van der Waals surface area contributed by atoms with Gasteiger partial charge in [0.25, 0.3) is 0 Å². The molecule has 1 unspecified atom stereocenters. The van der Waals surface area contributed by atoms with E-state index < -0.39 is 30.2 Å². The second-order valence-corrected chi connectivity index (χ2v) is 3.25. The van der Waals surface area contributed by atoms with E-state index in [4.69, 9.17) is 5.11 Å². The molecule has 0 aromatic rings. The van der Waals surface area contributed by atoms with Gasteiger partial charge in [-0.2, -0.15) is 0 Å². The van der Waals surface area contributed by atoms with Gasteiger partial charge >= 0.3 is 0 Å². The Morgan fingerprint density at radius 2 is 2.00 bits per heavy atom. The monoisotopic (exact) mass is 206 g/mol. The number of hydrogen-bond acceptors (Lipinski definition) is 6. The first-order chi connectivity index (χ1) is 6.43. The van der Waals surface area contributed by atoms with Crippen LogP contribution in [0, 0.1) is 0 Å². The molecule has 6 nitrogen and oxygen atoms in total. The van der Waals surface area contributed by atoms with Gasteiger partial charge in [-0.3, -0.25) is 0 Å². The largest absolute Gasteiger partial charge is 0.388 e. The van der Waals surface area contributed by atoms with Crippen LogP contribution in [0.15, 0.2) is 12.7 Å². The number of ether oxygens (including phenoxy) is 1. The third kappa shape index (κ3) is 1.68. The minimum absolute atomic E-state index is 0.375. The number of aliphatic hydroxyl groups is 5. The van der Waals surface area contributed by atoms with Crippen molar-refractivity contribution >= 4 is 0 Å². The topological polar surface area (TPSA) is 110 Å². The van der Waals surface area contributed by atoms with Gasteiger partial charge in [0.15, 0.2) is 0 Å². The fraction of sp³-hybridized carbons (Fsp3) is 0.750. The summed E-state index contributed by atoms with van der Waals surface area (Å²) in [6.07, 6.45) is -5.22. The fourth-order valence-electron chi connectivity index (χ4n) is 1.29. The summed E-state index contributed by atoms with van der Waals surface area (Å²) in [6.45, 7) is 2.84. The van der Waals surface area contributed by atoms with Crippen LogP contribution in [0.5, 0.6) is 0 Å². The van der Waals surface area contributed by atoms with Gasteiger partial charge in [0.05, 0.1) is 6.61 Å². The summed E-state index contributed by atoms with van der Waals surface area (Å²) in [7, 11) is 0. The van der Waals surface area contributed by atoms with Crippen molar-refractivity contribution in [2.24, 2.45) is 0 Å². The molecule has 0 bridgehead atoms. The third-order valence-corrected chi connectivity index (χ3v) is 2.27. The van der Waals surface area contributed by atoms with Crippen LogP contribution in [0.4, 0.5) is 0 Å². The van der Waals surface area contributed by atoms with Crippen LogP contribution < -0.4 is 0 Å². The lowest BCUT2D eigenvalue weighted by Crippen LogP contribution is -2.65. The number of rotatable bonds is 2. The van der Waals surface area contributed by atoms with Gasteiger partial charge in [0.2, 0.25) is 5.79 Å². The maximum Gasteiger partial charge on any atom is 0.225 e. The van der Waals surface area contributed by atoms with Crippen molar-refractivity contribution in [3.8, 4) is 0 Å². The molecular formula is C8H14O6. The Morgan fingerprint density at radius 3 is 2.50 bits per heavy atom. The predicted molar refractivity (Wildman–Crippen MR) is 45.1 cm³/mol. The summed E-state index contributed by atoms with van der Waals surface area (Å²) >= 11 is 0. The highest BCUT2D eigenvalue weighted by Gasteiger charge is 2.52. The highest BCUT2D eigenvalue weighted by atomic mass is 16.7. The van der Waals surface area contributed by atoms with Crippen LogP contribution in [0.1, 0.15) is 0 Å². The Labute approximate surface area is 80.7 Å². The van der Waals surface area contributed by atoms with Crippen LogP contribution in [-0.4, -0.2) is 62.3 Å². The van der Waals surface area contributed by atoms with Crippen LogP contribution >= 0.6 is 0 Å². The SMILES string of the molecule is C=CC(O)[C@@]1(O)OC[C@@H](O)[C@@H](O)[C@@H]1O. The van der Waals surface area contributed by atoms with Crippen LogP contribution in [0.25, 0.3) is 0 Å². The Balaban J connectivity index is 2.84. The lowest BCUT2D eigenvalue weighted by molar-refractivity contribution is -0.344. The predicted octanol–water partition coefficient (Wildman–Crippen LogP) is -2.67. The Morgan fingerprint density at radius 1 is 1.43 bits per heavy atom. The fourth-order valence-corrected chi connectivity index (χ4v) is 1.29. The lowest BCUT2D eigenvalue weighted by Gasteiger charge is -2.43. The van der Waals surface area contributed by atoms with E-state index in [-0.39, 0.29) is 6.61 Å². The molecule has 0 spiro atoms. The first-order valence-electron chi connectivity index (χ1n) is 4.14. The summed E-state index contributed by atoms with van der Waals surface area (Å²) in [6, 6.07) is 0. The molecule has 5 atom stereocenters. The molecule has 5 N–H and O–H groups in total. The third-order valence-electron chi connectivity index (χ3n) is 2.27. The van der Waals surface area contributed by atoms with Crippen LogP contribution in [0.3, 0.4) is 0 Å². The highest BCUT2D eigenvalue weighted by Crippen LogP contribution is 2.27.